The molecule has 0 fully saturated rings. The molecule has 0 aliphatic heterocycles. The van der Waals surface area contributed by atoms with Gasteiger partial charge in [-0.1, -0.05) is 69.0 Å². The van der Waals surface area contributed by atoms with E-state index in [-0.39, 0.29) is 24.1 Å². The minimum absolute atomic E-state index is 0.00981. The molecule has 1 aliphatic rings. The predicted octanol–water partition coefficient (Wildman–Crippen LogP) is 8.66. The molecule has 4 rings (SSSR count). The van der Waals surface area contributed by atoms with Gasteiger partial charge in [-0.25, -0.2) is 4.39 Å². The largest absolute Gasteiger partial charge is 0.416 e. The van der Waals surface area contributed by atoms with Crippen molar-refractivity contribution in [1.82, 2.24) is 14.7 Å². The number of alkyl halides is 3. The minimum atomic E-state index is -4.39. The molecule has 3 aromatic carbocycles. The van der Waals surface area contributed by atoms with Crippen LogP contribution in [0.4, 0.5) is 17.6 Å². The second-order valence-corrected chi connectivity index (χ2v) is 12.2. The smallest absolute Gasteiger partial charge is 0.339 e. The summed E-state index contributed by atoms with van der Waals surface area (Å²) >= 11 is 0. The third kappa shape index (κ3) is 9.89. The molecule has 1 amide bonds. The SMILES string of the molecule is C=C(CCc1cccc(F)c1)N(CC(=O)N(CCN(CC)CC)Cc1ccc(-c2ccc(C(F)(F)F)cc2)cc1)C1=C(C(C)=O)CCC1. The lowest BCUT2D eigenvalue weighted by molar-refractivity contribution is -0.137. The summed E-state index contributed by atoms with van der Waals surface area (Å²) in [6.45, 7) is 13.3. The van der Waals surface area contributed by atoms with Crippen molar-refractivity contribution in [3.05, 3.63) is 119 Å². The third-order valence-corrected chi connectivity index (χ3v) is 9.01. The van der Waals surface area contributed by atoms with Crippen LogP contribution in [0.1, 0.15) is 63.1 Å². The molecule has 0 heterocycles. The maximum atomic E-state index is 14.2. The summed E-state index contributed by atoms with van der Waals surface area (Å²) in [6.07, 6.45) is -1.20. The number of ketones is 1. The van der Waals surface area contributed by atoms with E-state index in [2.05, 4.69) is 25.3 Å². The molecule has 0 bridgehead atoms. The van der Waals surface area contributed by atoms with Gasteiger partial charge in [-0.15, -0.1) is 0 Å². The summed E-state index contributed by atoms with van der Waals surface area (Å²) < 4.78 is 53.0. The Labute approximate surface area is 281 Å². The van der Waals surface area contributed by atoms with Gasteiger partial charge in [0, 0.05) is 36.6 Å². The Morgan fingerprint density at radius 2 is 1.50 bits per heavy atom. The fourth-order valence-corrected chi connectivity index (χ4v) is 6.12. The van der Waals surface area contributed by atoms with Crippen molar-refractivity contribution < 1.29 is 27.2 Å². The molecule has 3 aromatic rings. The first kappa shape index (κ1) is 36.6. The van der Waals surface area contributed by atoms with Crippen molar-refractivity contribution in [1.29, 1.82) is 0 Å². The standard InChI is InChI=1S/C39H45F4N3O2/c1-5-44(6-2)23-24-45(26-31-15-17-32(18-16-31)33-19-21-34(22-20-33)39(41,42)43)38(48)27-46(37-12-8-11-36(37)29(4)47)28(3)13-14-30-9-7-10-35(40)25-30/h7,9-10,15-22,25H,3,5-6,8,11-14,23-24,26-27H2,1-2,4H3. The number of aryl methyl sites for hydroxylation is 1. The van der Waals surface area contributed by atoms with Crippen LogP contribution in [0.2, 0.25) is 0 Å². The van der Waals surface area contributed by atoms with Gasteiger partial charge in [0.1, 0.15) is 12.4 Å². The Kier molecular flexibility index (Phi) is 12.8. The first-order valence-corrected chi connectivity index (χ1v) is 16.6. The lowest BCUT2D eigenvalue weighted by Crippen LogP contribution is -2.43. The highest BCUT2D eigenvalue weighted by Gasteiger charge is 2.30. The number of benzene rings is 3. The minimum Gasteiger partial charge on any atom is -0.339 e. The summed E-state index contributed by atoms with van der Waals surface area (Å²) in [5.74, 6) is -0.425. The number of likely N-dealkylation sites (N-methyl/N-ethyl adjacent to an activating group) is 1. The zero-order valence-electron chi connectivity index (χ0n) is 28.1. The van der Waals surface area contributed by atoms with Gasteiger partial charge in [-0.05, 0) is 98.6 Å². The number of hydrogen-bond donors (Lipinski definition) is 0. The average molecular weight is 664 g/mol. The van der Waals surface area contributed by atoms with Crippen LogP contribution in [0.3, 0.4) is 0 Å². The quantitative estimate of drug-likeness (QED) is 0.144. The first-order valence-electron chi connectivity index (χ1n) is 16.6. The molecule has 9 heteroatoms. The lowest BCUT2D eigenvalue weighted by atomic mass is 10.0. The number of rotatable bonds is 16. The molecular weight excluding hydrogens is 618 g/mol. The zero-order chi connectivity index (χ0) is 34.8. The molecule has 0 saturated heterocycles. The topological polar surface area (TPSA) is 43.9 Å². The Morgan fingerprint density at radius 3 is 2.08 bits per heavy atom. The summed E-state index contributed by atoms with van der Waals surface area (Å²) in [6, 6.07) is 19.0. The number of carbonyl (C=O) groups is 2. The van der Waals surface area contributed by atoms with Gasteiger partial charge in [0.25, 0.3) is 0 Å². The van der Waals surface area contributed by atoms with Crippen molar-refractivity contribution in [2.75, 3.05) is 32.7 Å². The fraction of sp³-hybridized carbons (Fsp3) is 0.385. The van der Waals surface area contributed by atoms with Crippen LogP contribution < -0.4 is 0 Å². The van der Waals surface area contributed by atoms with Crippen molar-refractivity contribution in [2.24, 2.45) is 0 Å². The number of allylic oxidation sites excluding steroid dienone is 3. The van der Waals surface area contributed by atoms with Crippen molar-refractivity contribution in [3.63, 3.8) is 0 Å². The maximum Gasteiger partial charge on any atom is 0.416 e. The molecule has 0 aromatic heterocycles. The van der Waals surface area contributed by atoms with Crippen LogP contribution in [0.15, 0.2) is 96.3 Å². The van der Waals surface area contributed by atoms with Crippen LogP contribution in [-0.2, 0) is 28.7 Å². The van der Waals surface area contributed by atoms with Gasteiger partial charge in [0.2, 0.25) is 5.91 Å². The Balaban J connectivity index is 1.56. The number of halogens is 4. The molecule has 5 nitrogen and oxygen atoms in total. The summed E-state index contributed by atoms with van der Waals surface area (Å²) in [7, 11) is 0. The van der Waals surface area contributed by atoms with E-state index >= 15 is 0 Å². The maximum absolute atomic E-state index is 14.2. The number of Topliss-reactive ketones (excluding diaryl/α,β-unsaturated/α-hetero) is 1. The molecule has 0 atom stereocenters. The van der Waals surface area contributed by atoms with Gasteiger partial charge < -0.3 is 14.7 Å². The molecule has 48 heavy (non-hydrogen) atoms. The van der Waals surface area contributed by atoms with E-state index in [1.54, 1.807) is 13.0 Å². The summed E-state index contributed by atoms with van der Waals surface area (Å²) in [5, 5.41) is 0. The number of amides is 1. The Bertz CT molecular complexity index is 1590. The number of carbonyl (C=O) groups excluding carboxylic acids is 2. The van der Waals surface area contributed by atoms with Crippen molar-refractivity contribution >= 4 is 11.7 Å². The number of nitrogens with zero attached hydrogens (tertiary/aromatic N) is 3. The van der Waals surface area contributed by atoms with E-state index in [9.17, 15) is 27.2 Å². The van der Waals surface area contributed by atoms with Crippen LogP contribution in [0.25, 0.3) is 11.1 Å². The highest BCUT2D eigenvalue weighted by atomic mass is 19.4. The van der Waals surface area contributed by atoms with E-state index in [1.807, 2.05) is 40.1 Å². The monoisotopic (exact) mass is 663 g/mol. The molecule has 256 valence electrons. The van der Waals surface area contributed by atoms with E-state index in [1.165, 1.54) is 24.3 Å². The van der Waals surface area contributed by atoms with Crippen LogP contribution >= 0.6 is 0 Å². The zero-order valence-corrected chi connectivity index (χ0v) is 28.1. The van der Waals surface area contributed by atoms with E-state index in [0.29, 0.717) is 56.6 Å². The Hall–Kier alpha value is -4.24. The first-order chi connectivity index (χ1) is 22.9. The average Bonchev–Trinajstić information content (AvgIpc) is 3.56. The summed E-state index contributed by atoms with van der Waals surface area (Å²) in [4.78, 5) is 32.7. The molecular formula is C39H45F4N3O2. The molecule has 0 N–H and O–H groups in total. The molecule has 0 saturated carbocycles. The molecule has 0 spiro atoms. The van der Waals surface area contributed by atoms with Gasteiger partial charge in [0.05, 0.1) is 5.56 Å². The number of hydrogen-bond acceptors (Lipinski definition) is 4. The predicted molar refractivity (Wildman–Crippen MR) is 182 cm³/mol. The highest BCUT2D eigenvalue weighted by molar-refractivity contribution is 5.94. The lowest BCUT2D eigenvalue weighted by Gasteiger charge is -2.33. The van der Waals surface area contributed by atoms with Crippen LogP contribution in [0, 0.1) is 5.82 Å². The normalized spacial score (nSPS) is 13.2. The molecule has 0 unspecified atom stereocenters. The van der Waals surface area contributed by atoms with Gasteiger partial charge in [0.15, 0.2) is 5.78 Å². The highest BCUT2D eigenvalue weighted by Crippen LogP contribution is 2.33. The second kappa shape index (κ2) is 16.7. The van der Waals surface area contributed by atoms with Gasteiger partial charge in [-0.3, -0.25) is 9.59 Å². The van der Waals surface area contributed by atoms with Gasteiger partial charge in [-0.2, -0.15) is 13.2 Å². The summed E-state index contributed by atoms with van der Waals surface area (Å²) in [5.41, 5.74) is 4.73. The Morgan fingerprint density at radius 1 is 0.854 bits per heavy atom. The van der Waals surface area contributed by atoms with Gasteiger partial charge >= 0.3 is 6.18 Å². The second-order valence-electron chi connectivity index (χ2n) is 12.2. The van der Waals surface area contributed by atoms with E-state index in [0.717, 1.165) is 59.6 Å². The van der Waals surface area contributed by atoms with E-state index in [4.69, 9.17) is 0 Å². The van der Waals surface area contributed by atoms with Crippen molar-refractivity contribution in [2.45, 2.75) is 65.6 Å². The molecule has 0 radical (unpaired) electrons. The van der Waals surface area contributed by atoms with Crippen LogP contribution in [0.5, 0.6) is 0 Å². The molecule has 1 aliphatic carbocycles. The third-order valence-electron chi connectivity index (χ3n) is 9.01. The fourth-order valence-electron chi connectivity index (χ4n) is 6.12. The van der Waals surface area contributed by atoms with E-state index < -0.39 is 11.7 Å². The van der Waals surface area contributed by atoms with Crippen LogP contribution in [-0.4, -0.2) is 59.1 Å². The van der Waals surface area contributed by atoms with Crippen molar-refractivity contribution in [3.8, 4) is 11.1 Å².